The minimum atomic E-state index is -0.372. The largest absolute Gasteiger partial charge is 0.503 e. The fourth-order valence-corrected chi connectivity index (χ4v) is 3.36. The maximum Gasteiger partial charge on any atom is 0.323 e. The molecule has 8 nitrogen and oxygen atoms in total. The zero-order chi connectivity index (χ0) is 24.6. The molecule has 2 N–H and O–H groups in total. The Balaban J connectivity index is 1.45. The van der Waals surface area contributed by atoms with Gasteiger partial charge >= 0.3 is 6.03 Å². The number of carbonyl (C=O) groups excluding carboxylic acids is 1. The first kappa shape index (κ1) is 23.7. The van der Waals surface area contributed by atoms with E-state index in [0.717, 1.165) is 0 Å². The molecule has 0 unspecified atom stereocenters. The van der Waals surface area contributed by atoms with E-state index in [-0.39, 0.29) is 6.03 Å². The van der Waals surface area contributed by atoms with Crippen LogP contribution in [0.2, 0.25) is 0 Å². The monoisotopic (exact) mass is 488 g/mol. The van der Waals surface area contributed by atoms with E-state index in [4.69, 9.17) is 32.4 Å². The number of benzene rings is 3. The summed E-state index contributed by atoms with van der Waals surface area (Å²) in [6.45, 7) is 7.76. The number of nitrogens with zero attached hydrogens (tertiary/aromatic N) is 2. The Morgan fingerprint density at radius 1 is 0.971 bits per heavy atom. The van der Waals surface area contributed by atoms with Gasteiger partial charge in [0.25, 0.3) is 0 Å². The normalized spacial score (nSPS) is 10.3. The zero-order valence-corrected chi connectivity index (χ0v) is 19.5. The fourth-order valence-electron chi connectivity index (χ4n) is 3.28. The van der Waals surface area contributed by atoms with Gasteiger partial charge in [0.1, 0.15) is 23.0 Å². The summed E-state index contributed by atoms with van der Waals surface area (Å²) in [6, 6.07) is 18.7. The van der Waals surface area contributed by atoms with Crippen molar-refractivity contribution in [2.24, 2.45) is 0 Å². The number of carbonyl (C=O) groups is 1. The van der Waals surface area contributed by atoms with Gasteiger partial charge in [0.2, 0.25) is 5.69 Å². The molecule has 0 saturated carbocycles. The van der Waals surface area contributed by atoms with Crippen LogP contribution in [-0.4, -0.2) is 30.6 Å². The van der Waals surface area contributed by atoms with Gasteiger partial charge in [-0.2, -0.15) is 0 Å². The molecule has 0 saturated heterocycles. The minimum Gasteiger partial charge on any atom is -0.503 e. The number of ether oxygens (including phenoxy) is 3. The molecule has 1 heterocycles. The van der Waals surface area contributed by atoms with Gasteiger partial charge in [-0.3, -0.25) is 4.98 Å². The van der Waals surface area contributed by atoms with E-state index in [1.54, 1.807) is 80.0 Å². The van der Waals surface area contributed by atoms with E-state index in [1.165, 1.54) is 0 Å². The van der Waals surface area contributed by atoms with E-state index >= 15 is 0 Å². The average molecular weight is 489 g/mol. The first-order valence-corrected chi connectivity index (χ1v) is 11.1. The van der Waals surface area contributed by atoms with Crippen LogP contribution in [0.3, 0.4) is 0 Å². The number of methoxy groups -OCH3 is 1. The standard InChI is InChI=1S/C26H21ClN4O4/c1-28-23-15-21-22(16-25(23)34-14-12-27)29-13-11-24(21)35-20-9-5-18(6-10-20)31-26(32)30-17-3-7-19(33-2)8-4-17/h3-11,13,15-16H,12,14H2,2H3,(H2,30,31,32). The topological polar surface area (TPSA) is 86.1 Å². The number of nitrogens with one attached hydrogen (secondary N) is 2. The molecule has 3 aromatic carbocycles. The number of aromatic nitrogens is 1. The number of hydrogen-bond acceptors (Lipinski definition) is 5. The van der Waals surface area contributed by atoms with Crippen molar-refractivity contribution in [3.63, 3.8) is 0 Å². The van der Waals surface area contributed by atoms with Crippen molar-refractivity contribution in [3.05, 3.63) is 84.3 Å². The van der Waals surface area contributed by atoms with Crippen molar-refractivity contribution >= 4 is 45.6 Å². The third-order valence-electron chi connectivity index (χ3n) is 4.93. The van der Waals surface area contributed by atoms with E-state index in [0.29, 0.717) is 63.5 Å². The van der Waals surface area contributed by atoms with Crippen LogP contribution in [0.5, 0.6) is 23.0 Å². The number of anilines is 2. The summed E-state index contributed by atoms with van der Waals surface area (Å²) in [5.74, 6) is 2.56. The molecule has 0 fully saturated rings. The third kappa shape index (κ3) is 5.91. The molecule has 0 aliphatic carbocycles. The minimum absolute atomic E-state index is 0.296. The average Bonchev–Trinajstić information content (AvgIpc) is 2.88. The molecule has 0 atom stereocenters. The van der Waals surface area contributed by atoms with Crippen LogP contribution in [0.15, 0.2) is 72.9 Å². The number of alkyl halides is 1. The number of urea groups is 1. The SMILES string of the molecule is [C-]#[N+]c1cc2c(Oc3ccc(NC(=O)Nc4ccc(OC)cc4)cc3)ccnc2cc1OCCCl. The summed E-state index contributed by atoms with van der Waals surface area (Å²) in [5, 5.41) is 6.21. The highest BCUT2D eigenvalue weighted by atomic mass is 35.5. The maximum atomic E-state index is 12.3. The number of pyridine rings is 1. The van der Waals surface area contributed by atoms with Crippen molar-refractivity contribution in [2.45, 2.75) is 0 Å². The van der Waals surface area contributed by atoms with Crippen LogP contribution in [0.1, 0.15) is 0 Å². The molecular weight excluding hydrogens is 468 g/mol. The molecule has 0 radical (unpaired) electrons. The second-order valence-electron chi connectivity index (χ2n) is 7.23. The number of halogens is 1. The summed E-state index contributed by atoms with van der Waals surface area (Å²) < 4.78 is 16.7. The Hall–Kier alpha value is -4.48. The van der Waals surface area contributed by atoms with Gasteiger partial charge in [0.15, 0.2) is 0 Å². The Kier molecular flexibility index (Phi) is 7.50. The molecule has 35 heavy (non-hydrogen) atoms. The highest BCUT2D eigenvalue weighted by Crippen LogP contribution is 2.37. The van der Waals surface area contributed by atoms with Crippen LogP contribution in [-0.2, 0) is 0 Å². The van der Waals surface area contributed by atoms with Gasteiger partial charge in [-0.05, 0) is 66.7 Å². The molecule has 0 bridgehead atoms. The van der Waals surface area contributed by atoms with E-state index in [2.05, 4.69) is 20.5 Å². The molecule has 9 heteroatoms. The van der Waals surface area contributed by atoms with Crippen LogP contribution >= 0.6 is 11.6 Å². The van der Waals surface area contributed by atoms with Gasteiger partial charge in [-0.1, -0.05) is 0 Å². The molecule has 2 amide bonds. The van der Waals surface area contributed by atoms with Gasteiger partial charge in [-0.25, -0.2) is 9.64 Å². The Morgan fingerprint density at radius 3 is 2.23 bits per heavy atom. The lowest BCUT2D eigenvalue weighted by Crippen LogP contribution is -2.19. The first-order chi connectivity index (χ1) is 17.1. The van der Waals surface area contributed by atoms with Gasteiger partial charge in [0.05, 0.1) is 31.7 Å². The molecule has 0 spiro atoms. The molecule has 4 aromatic rings. The van der Waals surface area contributed by atoms with Gasteiger partial charge in [-0.15, -0.1) is 11.6 Å². The van der Waals surface area contributed by atoms with Crippen LogP contribution in [0, 0.1) is 6.57 Å². The highest BCUT2D eigenvalue weighted by molar-refractivity contribution is 6.18. The number of hydrogen-bond donors (Lipinski definition) is 2. The second kappa shape index (κ2) is 11.1. The summed E-state index contributed by atoms with van der Waals surface area (Å²) in [7, 11) is 1.58. The van der Waals surface area contributed by atoms with Crippen molar-refractivity contribution < 1.29 is 19.0 Å². The molecule has 0 aliphatic heterocycles. The predicted octanol–water partition coefficient (Wildman–Crippen LogP) is 6.85. The second-order valence-corrected chi connectivity index (χ2v) is 7.61. The summed E-state index contributed by atoms with van der Waals surface area (Å²) in [4.78, 5) is 20.2. The van der Waals surface area contributed by atoms with E-state index < -0.39 is 0 Å². The van der Waals surface area contributed by atoms with Crippen molar-refractivity contribution in [3.8, 4) is 23.0 Å². The van der Waals surface area contributed by atoms with Crippen LogP contribution in [0.25, 0.3) is 15.7 Å². The number of rotatable bonds is 8. The molecule has 0 aliphatic rings. The Labute approximate surface area is 207 Å². The Bertz CT molecular complexity index is 1370. The number of fused-ring (bicyclic) bond motifs is 1. The quantitative estimate of drug-likeness (QED) is 0.209. The van der Waals surface area contributed by atoms with Gasteiger partial charge < -0.3 is 24.8 Å². The highest BCUT2D eigenvalue weighted by Gasteiger charge is 2.12. The predicted molar refractivity (Wildman–Crippen MR) is 136 cm³/mol. The lowest BCUT2D eigenvalue weighted by Gasteiger charge is -2.12. The smallest absolute Gasteiger partial charge is 0.323 e. The molecule has 1 aromatic heterocycles. The van der Waals surface area contributed by atoms with Crippen LogP contribution < -0.4 is 24.8 Å². The summed E-state index contributed by atoms with van der Waals surface area (Å²) in [6.07, 6.45) is 1.62. The van der Waals surface area contributed by atoms with Crippen molar-refractivity contribution in [1.29, 1.82) is 0 Å². The van der Waals surface area contributed by atoms with E-state index in [1.807, 2.05) is 0 Å². The van der Waals surface area contributed by atoms with Gasteiger partial charge in [0, 0.05) is 23.0 Å². The van der Waals surface area contributed by atoms with Crippen molar-refractivity contribution in [2.75, 3.05) is 30.2 Å². The number of amides is 2. The summed E-state index contributed by atoms with van der Waals surface area (Å²) in [5.41, 5.74) is 2.22. The molecule has 4 rings (SSSR count). The molecular formula is C26H21ClN4O4. The Morgan fingerprint density at radius 2 is 1.63 bits per heavy atom. The summed E-state index contributed by atoms with van der Waals surface area (Å²) >= 11 is 5.70. The zero-order valence-electron chi connectivity index (χ0n) is 18.7. The molecule has 176 valence electrons. The maximum absolute atomic E-state index is 12.3. The third-order valence-corrected chi connectivity index (χ3v) is 5.08. The van der Waals surface area contributed by atoms with Crippen molar-refractivity contribution in [1.82, 2.24) is 4.98 Å². The van der Waals surface area contributed by atoms with E-state index in [9.17, 15) is 4.79 Å². The van der Waals surface area contributed by atoms with Crippen LogP contribution in [0.4, 0.5) is 21.9 Å². The lowest BCUT2D eigenvalue weighted by molar-refractivity contribution is 0.262. The fraction of sp³-hybridized carbons (Fsp3) is 0.115. The lowest BCUT2D eigenvalue weighted by atomic mass is 10.1. The first-order valence-electron chi connectivity index (χ1n) is 10.6.